The van der Waals surface area contributed by atoms with Crippen LogP contribution in [0.3, 0.4) is 0 Å². The van der Waals surface area contributed by atoms with E-state index >= 15 is 0 Å². The molecule has 0 aliphatic carbocycles. The summed E-state index contributed by atoms with van der Waals surface area (Å²) in [5, 5.41) is 3.07. The standard InChI is InChI=1S/C9H11N3OS/c1-6(10-2)9-12-3-7(13-9)8-4-11-5-14-8/h3-6,10H,1-2H3. The number of oxazole rings is 1. The van der Waals surface area contributed by atoms with Gasteiger partial charge in [0, 0.05) is 6.20 Å². The van der Waals surface area contributed by atoms with Crippen LogP contribution >= 0.6 is 11.3 Å². The van der Waals surface area contributed by atoms with Gasteiger partial charge >= 0.3 is 0 Å². The summed E-state index contributed by atoms with van der Waals surface area (Å²) in [7, 11) is 1.88. The number of thiazole rings is 1. The van der Waals surface area contributed by atoms with Crippen molar-refractivity contribution in [2.24, 2.45) is 0 Å². The van der Waals surface area contributed by atoms with Gasteiger partial charge in [-0.25, -0.2) is 4.98 Å². The van der Waals surface area contributed by atoms with E-state index in [0.717, 1.165) is 10.6 Å². The van der Waals surface area contributed by atoms with Gasteiger partial charge in [0.05, 0.1) is 22.6 Å². The molecule has 2 heterocycles. The first kappa shape index (κ1) is 9.36. The van der Waals surface area contributed by atoms with E-state index in [1.54, 1.807) is 29.2 Å². The van der Waals surface area contributed by atoms with Crippen LogP contribution in [-0.2, 0) is 0 Å². The van der Waals surface area contributed by atoms with Crippen molar-refractivity contribution in [1.29, 1.82) is 0 Å². The zero-order chi connectivity index (χ0) is 9.97. The van der Waals surface area contributed by atoms with Gasteiger partial charge in [-0.2, -0.15) is 0 Å². The highest BCUT2D eigenvalue weighted by Crippen LogP contribution is 2.25. The summed E-state index contributed by atoms with van der Waals surface area (Å²) >= 11 is 1.54. The van der Waals surface area contributed by atoms with Gasteiger partial charge in [-0.15, -0.1) is 11.3 Å². The van der Waals surface area contributed by atoms with Gasteiger partial charge in [0.2, 0.25) is 5.89 Å². The van der Waals surface area contributed by atoms with Crippen molar-refractivity contribution in [2.45, 2.75) is 13.0 Å². The molecule has 1 unspecified atom stereocenters. The van der Waals surface area contributed by atoms with E-state index in [2.05, 4.69) is 15.3 Å². The molecule has 0 saturated carbocycles. The maximum Gasteiger partial charge on any atom is 0.211 e. The highest BCUT2D eigenvalue weighted by atomic mass is 32.1. The predicted molar refractivity (Wildman–Crippen MR) is 55.1 cm³/mol. The van der Waals surface area contributed by atoms with Crippen LogP contribution in [-0.4, -0.2) is 17.0 Å². The summed E-state index contributed by atoms with van der Waals surface area (Å²) in [6.07, 6.45) is 3.51. The lowest BCUT2D eigenvalue weighted by Gasteiger charge is -2.02. The summed E-state index contributed by atoms with van der Waals surface area (Å²) in [5.74, 6) is 1.49. The average molecular weight is 209 g/mol. The zero-order valence-electron chi connectivity index (χ0n) is 8.02. The van der Waals surface area contributed by atoms with E-state index in [4.69, 9.17) is 4.42 Å². The number of nitrogens with one attached hydrogen (secondary N) is 1. The lowest BCUT2D eigenvalue weighted by atomic mass is 10.3. The summed E-state index contributed by atoms with van der Waals surface area (Å²) < 4.78 is 5.58. The van der Waals surface area contributed by atoms with Gasteiger partial charge < -0.3 is 9.73 Å². The van der Waals surface area contributed by atoms with Crippen molar-refractivity contribution in [3.63, 3.8) is 0 Å². The van der Waals surface area contributed by atoms with Crippen LogP contribution in [0.4, 0.5) is 0 Å². The quantitative estimate of drug-likeness (QED) is 0.840. The molecule has 0 aliphatic heterocycles. The summed E-state index contributed by atoms with van der Waals surface area (Å²) in [6.45, 7) is 2.00. The maximum atomic E-state index is 5.58. The lowest BCUT2D eigenvalue weighted by molar-refractivity contribution is 0.442. The number of hydrogen-bond donors (Lipinski definition) is 1. The molecular formula is C9H11N3OS. The number of aromatic nitrogens is 2. The van der Waals surface area contributed by atoms with Gasteiger partial charge in [-0.1, -0.05) is 0 Å². The van der Waals surface area contributed by atoms with Crippen LogP contribution in [0.1, 0.15) is 18.9 Å². The third kappa shape index (κ3) is 1.69. The summed E-state index contributed by atoms with van der Waals surface area (Å²) in [4.78, 5) is 9.19. The molecule has 0 spiro atoms. The number of nitrogens with zero attached hydrogens (tertiary/aromatic N) is 2. The first-order valence-corrected chi connectivity index (χ1v) is 5.21. The van der Waals surface area contributed by atoms with Gasteiger partial charge in [-0.3, -0.25) is 4.98 Å². The first-order valence-electron chi connectivity index (χ1n) is 4.33. The molecule has 5 heteroatoms. The molecule has 0 radical (unpaired) electrons. The Hall–Kier alpha value is -1.20. The maximum absolute atomic E-state index is 5.58. The normalized spacial score (nSPS) is 13.0. The Morgan fingerprint density at radius 2 is 2.36 bits per heavy atom. The molecule has 4 nitrogen and oxygen atoms in total. The molecule has 74 valence electrons. The van der Waals surface area contributed by atoms with Crippen molar-refractivity contribution in [3.8, 4) is 10.6 Å². The molecule has 14 heavy (non-hydrogen) atoms. The molecule has 2 rings (SSSR count). The minimum absolute atomic E-state index is 0.136. The fourth-order valence-electron chi connectivity index (χ4n) is 1.06. The van der Waals surface area contributed by atoms with Gasteiger partial charge in [0.15, 0.2) is 5.76 Å². The molecule has 2 aromatic heterocycles. The molecular weight excluding hydrogens is 198 g/mol. The van der Waals surface area contributed by atoms with Crippen molar-refractivity contribution in [1.82, 2.24) is 15.3 Å². The Morgan fingerprint density at radius 1 is 1.50 bits per heavy atom. The molecule has 2 aromatic rings. The second-order valence-corrected chi connectivity index (χ2v) is 3.83. The van der Waals surface area contributed by atoms with Crippen molar-refractivity contribution in [3.05, 3.63) is 23.8 Å². The smallest absolute Gasteiger partial charge is 0.211 e. The topological polar surface area (TPSA) is 51.0 Å². The molecule has 1 atom stereocenters. The average Bonchev–Trinajstić information content (AvgIpc) is 2.86. The molecule has 0 aromatic carbocycles. The SMILES string of the molecule is CNC(C)c1ncc(-c2cncs2)o1. The van der Waals surface area contributed by atoms with Crippen LogP contribution in [0.5, 0.6) is 0 Å². The Bertz CT molecular complexity index is 396. The van der Waals surface area contributed by atoms with Gasteiger partial charge in [-0.05, 0) is 14.0 Å². The summed E-state index contributed by atoms with van der Waals surface area (Å²) in [5.41, 5.74) is 1.78. The predicted octanol–water partition coefficient (Wildman–Crippen LogP) is 2.08. The molecule has 0 fully saturated rings. The molecule has 0 aliphatic rings. The minimum Gasteiger partial charge on any atom is -0.438 e. The van der Waals surface area contributed by atoms with Crippen molar-refractivity contribution in [2.75, 3.05) is 7.05 Å². The van der Waals surface area contributed by atoms with Crippen molar-refractivity contribution >= 4 is 11.3 Å². The van der Waals surface area contributed by atoms with E-state index in [1.165, 1.54) is 0 Å². The molecule has 0 bridgehead atoms. The highest BCUT2D eigenvalue weighted by Gasteiger charge is 2.11. The Kier molecular flexibility index (Phi) is 2.60. The van der Waals surface area contributed by atoms with Crippen LogP contribution in [0.25, 0.3) is 10.6 Å². The van der Waals surface area contributed by atoms with E-state index in [9.17, 15) is 0 Å². The summed E-state index contributed by atoms with van der Waals surface area (Å²) in [6, 6.07) is 0.136. The van der Waals surface area contributed by atoms with Crippen LogP contribution in [0.15, 0.2) is 22.3 Å². The fraction of sp³-hybridized carbons (Fsp3) is 0.333. The van der Waals surface area contributed by atoms with Crippen LogP contribution < -0.4 is 5.32 Å². The zero-order valence-corrected chi connectivity index (χ0v) is 8.84. The van der Waals surface area contributed by atoms with E-state index in [0.29, 0.717) is 5.89 Å². The number of hydrogen-bond acceptors (Lipinski definition) is 5. The highest BCUT2D eigenvalue weighted by molar-refractivity contribution is 7.13. The third-order valence-electron chi connectivity index (χ3n) is 2.00. The van der Waals surface area contributed by atoms with E-state index in [1.807, 2.05) is 14.0 Å². The minimum atomic E-state index is 0.136. The molecule has 0 amide bonds. The fourth-order valence-corrected chi connectivity index (χ4v) is 1.63. The van der Waals surface area contributed by atoms with E-state index < -0.39 is 0 Å². The number of rotatable bonds is 3. The Balaban J connectivity index is 2.26. The second kappa shape index (κ2) is 3.89. The Labute approximate surface area is 86.0 Å². The monoisotopic (exact) mass is 209 g/mol. The van der Waals surface area contributed by atoms with Gasteiger partial charge in [0.1, 0.15) is 0 Å². The molecule has 1 N–H and O–H groups in total. The van der Waals surface area contributed by atoms with Gasteiger partial charge in [0.25, 0.3) is 0 Å². The lowest BCUT2D eigenvalue weighted by Crippen LogP contribution is -2.12. The second-order valence-electron chi connectivity index (χ2n) is 2.94. The third-order valence-corrected chi connectivity index (χ3v) is 2.79. The van der Waals surface area contributed by atoms with Crippen LogP contribution in [0, 0.1) is 0 Å². The Morgan fingerprint density at radius 3 is 3.00 bits per heavy atom. The first-order chi connectivity index (χ1) is 6.81. The molecule has 0 saturated heterocycles. The largest absolute Gasteiger partial charge is 0.438 e. The van der Waals surface area contributed by atoms with Crippen LogP contribution in [0.2, 0.25) is 0 Å². The van der Waals surface area contributed by atoms with E-state index in [-0.39, 0.29) is 6.04 Å². The van der Waals surface area contributed by atoms with Crippen molar-refractivity contribution < 1.29 is 4.42 Å².